The lowest BCUT2D eigenvalue weighted by Crippen LogP contribution is -2.34. The van der Waals surface area contributed by atoms with Gasteiger partial charge in [-0.3, -0.25) is 0 Å². The third kappa shape index (κ3) is 6.22. The lowest BCUT2D eigenvalue weighted by molar-refractivity contribution is 0.228. The van der Waals surface area contributed by atoms with Gasteiger partial charge in [0.1, 0.15) is 0 Å². The Morgan fingerprint density at radius 1 is 1.15 bits per heavy atom. The zero-order valence-corrected chi connectivity index (χ0v) is 16.3. The molecule has 146 valence electrons. The molecule has 2 aromatic rings. The van der Waals surface area contributed by atoms with Crippen LogP contribution in [-0.2, 0) is 23.1 Å². The van der Waals surface area contributed by atoms with Gasteiger partial charge in [-0.05, 0) is 44.7 Å². The summed E-state index contributed by atoms with van der Waals surface area (Å²) in [7, 11) is -2.17. The molecule has 0 atom stereocenters. The molecule has 0 spiro atoms. The SMILES string of the molecule is CNS(=O)(=O)c1cccc(CNC(=O)NCc2cccnc2OC(C)C)c1. The number of aromatic nitrogens is 1. The Morgan fingerprint density at radius 2 is 1.89 bits per heavy atom. The average molecular weight is 392 g/mol. The number of hydrogen-bond acceptors (Lipinski definition) is 5. The molecule has 0 radical (unpaired) electrons. The highest BCUT2D eigenvalue weighted by Gasteiger charge is 2.12. The van der Waals surface area contributed by atoms with E-state index in [1.807, 2.05) is 19.9 Å². The van der Waals surface area contributed by atoms with Gasteiger partial charge in [-0.2, -0.15) is 0 Å². The molecule has 1 aromatic heterocycles. The Balaban J connectivity index is 1.92. The summed E-state index contributed by atoms with van der Waals surface area (Å²) in [4.78, 5) is 16.4. The highest BCUT2D eigenvalue weighted by Crippen LogP contribution is 2.15. The number of nitrogens with zero attached hydrogens (tertiary/aromatic N) is 1. The number of carbonyl (C=O) groups excluding carboxylic acids is 1. The summed E-state index contributed by atoms with van der Waals surface area (Å²) in [6.45, 7) is 4.26. The van der Waals surface area contributed by atoms with Crippen molar-refractivity contribution >= 4 is 16.1 Å². The Hall–Kier alpha value is -2.65. The monoisotopic (exact) mass is 392 g/mol. The molecule has 0 aliphatic rings. The van der Waals surface area contributed by atoms with Crippen molar-refractivity contribution < 1.29 is 17.9 Å². The Morgan fingerprint density at radius 3 is 2.59 bits per heavy atom. The number of nitrogens with one attached hydrogen (secondary N) is 3. The van der Waals surface area contributed by atoms with Gasteiger partial charge in [0.2, 0.25) is 15.9 Å². The van der Waals surface area contributed by atoms with E-state index in [-0.39, 0.29) is 30.1 Å². The minimum absolute atomic E-state index is 0.0198. The first-order valence-electron chi connectivity index (χ1n) is 8.46. The molecule has 0 unspecified atom stereocenters. The van der Waals surface area contributed by atoms with Gasteiger partial charge < -0.3 is 15.4 Å². The highest BCUT2D eigenvalue weighted by molar-refractivity contribution is 7.89. The van der Waals surface area contributed by atoms with Crippen molar-refractivity contribution in [2.24, 2.45) is 0 Å². The summed E-state index contributed by atoms with van der Waals surface area (Å²) in [5.74, 6) is 0.484. The van der Waals surface area contributed by atoms with Crippen LogP contribution in [0, 0.1) is 0 Å². The lowest BCUT2D eigenvalue weighted by Gasteiger charge is -2.13. The Bertz CT molecular complexity index is 884. The first-order valence-corrected chi connectivity index (χ1v) is 9.95. The number of pyridine rings is 1. The van der Waals surface area contributed by atoms with Crippen LogP contribution in [0.3, 0.4) is 0 Å². The van der Waals surface area contributed by atoms with E-state index in [1.165, 1.54) is 19.2 Å². The van der Waals surface area contributed by atoms with Crippen LogP contribution >= 0.6 is 0 Å². The third-order valence-electron chi connectivity index (χ3n) is 3.57. The van der Waals surface area contributed by atoms with Gasteiger partial charge >= 0.3 is 6.03 Å². The van der Waals surface area contributed by atoms with Gasteiger partial charge in [0.05, 0.1) is 11.0 Å². The van der Waals surface area contributed by atoms with Gasteiger partial charge in [0.15, 0.2) is 0 Å². The average Bonchev–Trinajstić information content (AvgIpc) is 2.65. The molecule has 1 heterocycles. The lowest BCUT2D eigenvalue weighted by atomic mass is 10.2. The first kappa shape index (κ1) is 20.7. The van der Waals surface area contributed by atoms with Crippen molar-refractivity contribution in [3.05, 3.63) is 53.7 Å². The van der Waals surface area contributed by atoms with E-state index in [9.17, 15) is 13.2 Å². The number of ether oxygens (including phenoxy) is 1. The zero-order valence-electron chi connectivity index (χ0n) is 15.5. The largest absolute Gasteiger partial charge is 0.475 e. The molecule has 0 fully saturated rings. The minimum atomic E-state index is -3.52. The maximum atomic E-state index is 12.0. The molecule has 0 bridgehead atoms. The molecule has 0 saturated carbocycles. The number of amides is 2. The van der Waals surface area contributed by atoms with E-state index >= 15 is 0 Å². The van der Waals surface area contributed by atoms with Crippen molar-refractivity contribution in [1.82, 2.24) is 20.3 Å². The van der Waals surface area contributed by atoms with Crippen molar-refractivity contribution in [2.45, 2.75) is 37.9 Å². The zero-order chi connectivity index (χ0) is 19.9. The second kappa shape index (κ2) is 9.33. The smallest absolute Gasteiger partial charge is 0.315 e. The summed E-state index contributed by atoms with van der Waals surface area (Å²) in [6.07, 6.45) is 1.61. The van der Waals surface area contributed by atoms with E-state index in [4.69, 9.17) is 4.74 Å². The summed E-state index contributed by atoms with van der Waals surface area (Å²) in [6, 6.07) is 9.61. The van der Waals surface area contributed by atoms with Crippen LogP contribution in [0.1, 0.15) is 25.0 Å². The minimum Gasteiger partial charge on any atom is -0.475 e. The second-order valence-electron chi connectivity index (χ2n) is 6.03. The molecule has 2 rings (SSSR count). The molecule has 9 heteroatoms. The summed E-state index contributed by atoms with van der Waals surface area (Å²) < 4.78 is 31.5. The maximum absolute atomic E-state index is 12.0. The molecule has 0 aliphatic carbocycles. The van der Waals surface area contributed by atoms with Gasteiger partial charge in [-0.1, -0.05) is 18.2 Å². The van der Waals surface area contributed by atoms with E-state index in [0.29, 0.717) is 11.4 Å². The number of sulfonamides is 1. The van der Waals surface area contributed by atoms with Crippen molar-refractivity contribution in [1.29, 1.82) is 0 Å². The predicted octanol–water partition coefficient (Wildman–Crippen LogP) is 1.78. The molecule has 27 heavy (non-hydrogen) atoms. The summed E-state index contributed by atoms with van der Waals surface area (Å²) >= 11 is 0. The van der Waals surface area contributed by atoms with Crippen LogP contribution in [0.25, 0.3) is 0 Å². The second-order valence-corrected chi connectivity index (χ2v) is 7.91. The van der Waals surface area contributed by atoms with Crippen LogP contribution in [0.5, 0.6) is 5.88 Å². The number of carbonyl (C=O) groups is 1. The molecular weight excluding hydrogens is 368 g/mol. The van der Waals surface area contributed by atoms with Crippen molar-refractivity contribution in [3.63, 3.8) is 0 Å². The van der Waals surface area contributed by atoms with Crippen molar-refractivity contribution in [2.75, 3.05) is 7.05 Å². The van der Waals surface area contributed by atoms with Crippen LogP contribution in [-0.4, -0.2) is 32.6 Å². The predicted molar refractivity (Wildman–Crippen MR) is 102 cm³/mol. The Labute approximate surface area is 159 Å². The van der Waals surface area contributed by atoms with Crippen LogP contribution in [0.15, 0.2) is 47.5 Å². The topological polar surface area (TPSA) is 109 Å². The summed E-state index contributed by atoms with van der Waals surface area (Å²) in [5.41, 5.74) is 1.44. The van der Waals surface area contributed by atoms with E-state index in [2.05, 4.69) is 20.3 Å². The number of benzene rings is 1. The van der Waals surface area contributed by atoms with E-state index in [1.54, 1.807) is 24.4 Å². The van der Waals surface area contributed by atoms with Crippen molar-refractivity contribution in [3.8, 4) is 5.88 Å². The number of hydrogen-bond donors (Lipinski definition) is 3. The van der Waals surface area contributed by atoms with Gasteiger partial charge in [0.25, 0.3) is 0 Å². The fourth-order valence-electron chi connectivity index (χ4n) is 2.25. The number of urea groups is 1. The molecule has 1 aromatic carbocycles. The molecule has 0 aliphatic heterocycles. The first-order chi connectivity index (χ1) is 12.8. The number of rotatable bonds is 8. The van der Waals surface area contributed by atoms with Gasteiger partial charge in [0, 0.05) is 24.8 Å². The van der Waals surface area contributed by atoms with Crippen LogP contribution in [0.4, 0.5) is 4.79 Å². The van der Waals surface area contributed by atoms with E-state index in [0.717, 1.165) is 5.56 Å². The maximum Gasteiger partial charge on any atom is 0.315 e. The quantitative estimate of drug-likeness (QED) is 0.634. The highest BCUT2D eigenvalue weighted by atomic mass is 32.2. The van der Waals surface area contributed by atoms with Gasteiger partial charge in [-0.25, -0.2) is 22.9 Å². The molecule has 3 N–H and O–H groups in total. The standard InChI is InChI=1S/C18H24N4O4S/c1-13(2)26-17-15(7-5-9-20-17)12-22-18(23)21-11-14-6-4-8-16(10-14)27(24,25)19-3/h4-10,13,19H,11-12H2,1-3H3,(H2,21,22,23). The molecular formula is C18H24N4O4S. The fourth-order valence-corrected chi connectivity index (χ4v) is 3.05. The summed E-state index contributed by atoms with van der Waals surface area (Å²) in [5, 5.41) is 5.44. The third-order valence-corrected chi connectivity index (χ3v) is 4.98. The fraction of sp³-hybridized carbons (Fsp3) is 0.333. The normalized spacial score (nSPS) is 11.3. The molecule has 0 saturated heterocycles. The Kier molecular flexibility index (Phi) is 7.14. The van der Waals surface area contributed by atoms with E-state index < -0.39 is 10.0 Å². The van der Waals surface area contributed by atoms with Crippen LogP contribution in [0.2, 0.25) is 0 Å². The van der Waals surface area contributed by atoms with Gasteiger partial charge in [-0.15, -0.1) is 0 Å². The van der Waals surface area contributed by atoms with Crippen LogP contribution < -0.4 is 20.1 Å². The molecule has 8 nitrogen and oxygen atoms in total. The molecule has 2 amide bonds.